The van der Waals surface area contributed by atoms with Gasteiger partial charge in [-0.2, -0.15) is 0 Å². The fourth-order valence-corrected chi connectivity index (χ4v) is 3.65. The summed E-state index contributed by atoms with van der Waals surface area (Å²) in [7, 11) is 0. The number of nitrogens with zero attached hydrogens (tertiary/aromatic N) is 1. The van der Waals surface area contributed by atoms with Crippen LogP contribution in [0.5, 0.6) is 5.75 Å². The first-order valence-electron chi connectivity index (χ1n) is 11.0. The van der Waals surface area contributed by atoms with Gasteiger partial charge in [0.25, 0.3) is 0 Å². The standard InChI is InChI=1S/C22H31N5O7/c1-12(22(33)34)25-20(31)17-3-2-10-27(17)21(32)16(11-13-4-6-14(28)7-5-13)26-19(30)15(23)8-9-18(24)29/h4-7,12,15-17,28H,2-3,8-11,23H2,1H3,(H2,24,29)(H,25,31)(H,26,30)(H,33,34). The van der Waals surface area contributed by atoms with E-state index >= 15 is 0 Å². The van der Waals surface area contributed by atoms with E-state index in [0.29, 0.717) is 18.4 Å². The summed E-state index contributed by atoms with van der Waals surface area (Å²) in [5.74, 6) is -3.54. The Morgan fingerprint density at radius 2 is 1.79 bits per heavy atom. The fourth-order valence-electron chi connectivity index (χ4n) is 3.65. The summed E-state index contributed by atoms with van der Waals surface area (Å²) in [5.41, 5.74) is 11.6. The van der Waals surface area contributed by atoms with Crippen LogP contribution in [0.3, 0.4) is 0 Å². The van der Waals surface area contributed by atoms with Gasteiger partial charge in [-0.25, -0.2) is 0 Å². The molecule has 1 fully saturated rings. The van der Waals surface area contributed by atoms with Gasteiger partial charge in [-0.05, 0) is 43.9 Å². The van der Waals surface area contributed by atoms with Crippen LogP contribution in [0.1, 0.15) is 38.2 Å². The Kier molecular flexibility index (Phi) is 9.36. The van der Waals surface area contributed by atoms with Crippen LogP contribution < -0.4 is 22.1 Å². The van der Waals surface area contributed by atoms with Crippen molar-refractivity contribution in [2.45, 2.75) is 63.2 Å². The number of rotatable bonds is 11. The molecule has 1 aliphatic rings. The maximum atomic E-state index is 13.4. The van der Waals surface area contributed by atoms with Crippen molar-refractivity contribution in [1.29, 1.82) is 0 Å². The Hall–Kier alpha value is -3.67. The van der Waals surface area contributed by atoms with Gasteiger partial charge in [0.1, 0.15) is 23.9 Å². The number of nitrogens with one attached hydrogen (secondary N) is 2. The summed E-state index contributed by atoms with van der Waals surface area (Å²) in [6.45, 7) is 1.58. The van der Waals surface area contributed by atoms with Gasteiger partial charge >= 0.3 is 5.97 Å². The van der Waals surface area contributed by atoms with Crippen LogP contribution in [-0.2, 0) is 30.4 Å². The molecule has 34 heavy (non-hydrogen) atoms. The molecule has 0 saturated carbocycles. The topological polar surface area (TPSA) is 205 Å². The Balaban J connectivity index is 2.20. The van der Waals surface area contributed by atoms with E-state index in [0.717, 1.165) is 0 Å². The number of carbonyl (C=O) groups is 5. The van der Waals surface area contributed by atoms with Crippen molar-refractivity contribution in [2.24, 2.45) is 11.5 Å². The quantitative estimate of drug-likeness (QED) is 0.223. The van der Waals surface area contributed by atoms with Crippen molar-refractivity contribution in [3.05, 3.63) is 29.8 Å². The van der Waals surface area contributed by atoms with Crippen molar-refractivity contribution in [1.82, 2.24) is 15.5 Å². The van der Waals surface area contributed by atoms with Gasteiger partial charge in [-0.15, -0.1) is 0 Å². The summed E-state index contributed by atoms with van der Waals surface area (Å²) in [4.78, 5) is 62.1. The van der Waals surface area contributed by atoms with E-state index in [1.54, 1.807) is 12.1 Å². The number of nitrogens with two attached hydrogens (primary N) is 2. The van der Waals surface area contributed by atoms with E-state index < -0.39 is 53.8 Å². The lowest BCUT2D eigenvalue weighted by Gasteiger charge is -2.29. The maximum Gasteiger partial charge on any atom is 0.325 e. The Morgan fingerprint density at radius 1 is 1.15 bits per heavy atom. The van der Waals surface area contributed by atoms with Crippen LogP contribution in [0, 0.1) is 0 Å². The summed E-state index contributed by atoms with van der Waals surface area (Å²) < 4.78 is 0. The number of aromatic hydroxyl groups is 1. The molecule has 1 aliphatic heterocycles. The average molecular weight is 478 g/mol. The highest BCUT2D eigenvalue weighted by Crippen LogP contribution is 2.20. The Morgan fingerprint density at radius 3 is 2.38 bits per heavy atom. The van der Waals surface area contributed by atoms with E-state index in [4.69, 9.17) is 16.6 Å². The highest BCUT2D eigenvalue weighted by molar-refractivity contribution is 5.94. The van der Waals surface area contributed by atoms with Crippen molar-refractivity contribution in [3.8, 4) is 5.75 Å². The number of amides is 4. The average Bonchev–Trinajstić information content (AvgIpc) is 3.27. The molecule has 1 saturated heterocycles. The first-order chi connectivity index (χ1) is 16.0. The molecule has 4 amide bonds. The van der Waals surface area contributed by atoms with Crippen molar-refractivity contribution in [2.75, 3.05) is 6.54 Å². The molecular formula is C22H31N5O7. The molecule has 4 atom stereocenters. The minimum absolute atomic E-state index is 0.00308. The van der Waals surface area contributed by atoms with E-state index in [9.17, 15) is 29.1 Å². The van der Waals surface area contributed by atoms with Crippen molar-refractivity contribution < 1.29 is 34.2 Å². The number of phenolic OH excluding ortho intramolecular Hbond substituents is 1. The second-order valence-electron chi connectivity index (χ2n) is 8.30. The Bertz CT molecular complexity index is 921. The molecular weight excluding hydrogens is 446 g/mol. The zero-order chi connectivity index (χ0) is 25.4. The molecule has 0 spiro atoms. The smallest absolute Gasteiger partial charge is 0.325 e. The molecule has 12 heteroatoms. The number of carbonyl (C=O) groups excluding carboxylic acids is 4. The summed E-state index contributed by atoms with van der Waals surface area (Å²) >= 11 is 0. The monoisotopic (exact) mass is 477 g/mol. The van der Waals surface area contributed by atoms with E-state index in [1.807, 2.05) is 0 Å². The number of aliphatic carboxylic acids is 1. The SMILES string of the molecule is CC(NC(=O)C1CCCN1C(=O)C(Cc1ccc(O)cc1)NC(=O)C(N)CCC(N)=O)C(=O)O. The molecule has 0 aromatic heterocycles. The number of benzene rings is 1. The minimum atomic E-state index is -1.20. The number of hydrogen-bond acceptors (Lipinski definition) is 7. The third-order valence-corrected chi connectivity index (χ3v) is 5.60. The van der Waals surface area contributed by atoms with Crippen LogP contribution in [0.15, 0.2) is 24.3 Å². The third-order valence-electron chi connectivity index (χ3n) is 5.60. The highest BCUT2D eigenvalue weighted by Gasteiger charge is 2.38. The molecule has 0 bridgehead atoms. The van der Waals surface area contributed by atoms with E-state index in [2.05, 4.69) is 10.6 Å². The molecule has 0 aliphatic carbocycles. The maximum absolute atomic E-state index is 13.4. The second kappa shape index (κ2) is 12.0. The molecule has 12 nitrogen and oxygen atoms in total. The molecule has 2 rings (SSSR count). The van der Waals surface area contributed by atoms with Gasteiger partial charge < -0.3 is 37.2 Å². The zero-order valence-electron chi connectivity index (χ0n) is 18.9. The number of carboxylic acid groups (broad SMARTS) is 1. The second-order valence-corrected chi connectivity index (χ2v) is 8.30. The molecule has 186 valence electrons. The molecule has 1 heterocycles. The number of primary amides is 1. The van der Waals surface area contributed by atoms with Gasteiger partial charge in [-0.3, -0.25) is 24.0 Å². The lowest BCUT2D eigenvalue weighted by atomic mass is 10.0. The van der Waals surface area contributed by atoms with Gasteiger partial charge in [0.2, 0.25) is 23.6 Å². The molecule has 1 aromatic carbocycles. The van der Waals surface area contributed by atoms with Crippen LogP contribution in [0.4, 0.5) is 0 Å². The largest absolute Gasteiger partial charge is 0.508 e. The first-order valence-corrected chi connectivity index (χ1v) is 11.0. The van der Waals surface area contributed by atoms with Gasteiger partial charge in [0.15, 0.2) is 0 Å². The van der Waals surface area contributed by atoms with E-state index in [1.165, 1.54) is 24.0 Å². The van der Waals surface area contributed by atoms with Crippen LogP contribution in [0.2, 0.25) is 0 Å². The van der Waals surface area contributed by atoms with E-state index in [-0.39, 0.29) is 31.6 Å². The number of likely N-dealkylation sites (tertiary alicyclic amines) is 1. The number of carboxylic acids is 1. The minimum Gasteiger partial charge on any atom is -0.508 e. The normalized spacial score (nSPS) is 17.9. The summed E-state index contributed by atoms with van der Waals surface area (Å²) in [5, 5.41) is 23.5. The van der Waals surface area contributed by atoms with Gasteiger partial charge in [0.05, 0.1) is 6.04 Å². The molecule has 0 radical (unpaired) electrons. The van der Waals surface area contributed by atoms with Gasteiger partial charge in [0, 0.05) is 19.4 Å². The molecule has 4 unspecified atom stereocenters. The summed E-state index contributed by atoms with van der Waals surface area (Å²) in [6, 6.07) is 1.92. The first kappa shape index (κ1) is 26.6. The third kappa shape index (κ3) is 7.44. The number of phenols is 1. The zero-order valence-corrected chi connectivity index (χ0v) is 18.9. The highest BCUT2D eigenvalue weighted by atomic mass is 16.4. The summed E-state index contributed by atoms with van der Waals surface area (Å²) in [6.07, 6.45) is 0.847. The Labute approximate surface area is 196 Å². The predicted octanol–water partition coefficient (Wildman–Crippen LogP) is -1.41. The van der Waals surface area contributed by atoms with Crippen molar-refractivity contribution in [3.63, 3.8) is 0 Å². The van der Waals surface area contributed by atoms with Crippen LogP contribution in [-0.4, -0.2) is 75.4 Å². The molecule has 1 aromatic rings. The number of hydrogen-bond donors (Lipinski definition) is 6. The predicted molar refractivity (Wildman–Crippen MR) is 120 cm³/mol. The lowest BCUT2D eigenvalue weighted by Crippen LogP contribution is -2.57. The fraction of sp³-hybridized carbons (Fsp3) is 0.500. The lowest BCUT2D eigenvalue weighted by molar-refractivity contribution is -0.144. The van der Waals surface area contributed by atoms with Crippen molar-refractivity contribution >= 4 is 29.6 Å². The van der Waals surface area contributed by atoms with Gasteiger partial charge in [-0.1, -0.05) is 12.1 Å². The van der Waals surface area contributed by atoms with Crippen LogP contribution in [0.25, 0.3) is 0 Å². The molecule has 8 N–H and O–H groups in total. The van der Waals surface area contributed by atoms with Crippen LogP contribution >= 0.6 is 0 Å².